The van der Waals surface area contributed by atoms with E-state index in [-0.39, 0.29) is 31.6 Å². The highest BCUT2D eigenvalue weighted by Crippen LogP contribution is 2.43. The van der Waals surface area contributed by atoms with E-state index in [1.165, 1.54) is 10.6 Å². The van der Waals surface area contributed by atoms with Crippen molar-refractivity contribution in [2.45, 2.75) is 44.3 Å². The molecule has 0 saturated carbocycles. The first-order valence-corrected chi connectivity index (χ1v) is 15.0. The quantitative estimate of drug-likeness (QED) is 0.456. The Kier molecular flexibility index (Phi) is 8.80. The lowest BCUT2D eigenvalue weighted by Crippen LogP contribution is -2.52. The maximum absolute atomic E-state index is 12.8. The van der Waals surface area contributed by atoms with Gasteiger partial charge in [-0.15, -0.1) is 0 Å². The lowest BCUT2D eigenvalue weighted by molar-refractivity contribution is -0.308. The number of nitrogens with zero attached hydrogens (tertiary/aromatic N) is 4. The average molecular weight is 621 g/mol. The van der Waals surface area contributed by atoms with Gasteiger partial charge in [0, 0.05) is 69.6 Å². The standard InChI is InChI=1S/C24H31ClF6N4O4S/c1-40(37,38)35-8-5-22(6-9-35)4-7-34(16-22)19-14-18(25)3-2-17(19)15-32-10-12-33(13-11-32)21(36)39-20(23(26,27)28)24(29,30)31/h2-3,14,20H,4-13,15-16H2,1H3. The Hall–Kier alpha value is -1.97. The summed E-state index contributed by atoms with van der Waals surface area (Å²) >= 11 is 6.31. The van der Waals surface area contributed by atoms with Gasteiger partial charge >= 0.3 is 18.4 Å². The molecule has 3 aliphatic heterocycles. The second kappa shape index (κ2) is 11.4. The second-order valence-electron chi connectivity index (χ2n) is 10.7. The SMILES string of the molecule is CS(=O)(=O)N1CCC2(CCN(c3cc(Cl)ccc3CN3CCN(C(=O)OC(C(F)(F)F)C(F)(F)F)CC3)C2)CC1. The number of rotatable bonds is 5. The molecule has 0 unspecified atom stereocenters. The molecule has 0 radical (unpaired) electrons. The summed E-state index contributed by atoms with van der Waals surface area (Å²) in [6, 6.07) is 5.50. The van der Waals surface area contributed by atoms with Gasteiger partial charge in [0.25, 0.3) is 6.10 Å². The van der Waals surface area contributed by atoms with E-state index < -0.39 is 34.6 Å². The number of piperazine rings is 1. The van der Waals surface area contributed by atoms with Gasteiger partial charge in [-0.2, -0.15) is 26.3 Å². The van der Waals surface area contributed by atoms with Crippen molar-refractivity contribution >= 4 is 33.4 Å². The molecule has 3 aliphatic rings. The lowest BCUT2D eigenvalue weighted by Gasteiger charge is -2.38. The normalized spacial score (nSPS) is 21.4. The van der Waals surface area contributed by atoms with Crippen LogP contribution in [-0.4, -0.2) is 106 Å². The van der Waals surface area contributed by atoms with Crippen molar-refractivity contribution in [2.24, 2.45) is 5.41 Å². The van der Waals surface area contributed by atoms with Crippen LogP contribution >= 0.6 is 11.6 Å². The van der Waals surface area contributed by atoms with Gasteiger partial charge in [0.2, 0.25) is 10.0 Å². The fourth-order valence-electron chi connectivity index (χ4n) is 5.63. The maximum atomic E-state index is 12.8. The minimum atomic E-state index is -5.76. The summed E-state index contributed by atoms with van der Waals surface area (Å²) in [6.45, 7) is 3.19. The van der Waals surface area contributed by atoms with Crippen molar-refractivity contribution in [3.05, 3.63) is 28.8 Å². The van der Waals surface area contributed by atoms with Crippen molar-refractivity contribution in [3.8, 4) is 0 Å². The Bertz CT molecular complexity index is 1170. The number of ether oxygens (including phenoxy) is 1. The molecule has 0 bridgehead atoms. The number of benzene rings is 1. The Morgan fingerprint density at radius 1 is 0.975 bits per heavy atom. The molecule has 3 fully saturated rings. The molecule has 40 heavy (non-hydrogen) atoms. The van der Waals surface area contributed by atoms with Crippen molar-refractivity contribution in [2.75, 3.05) is 63.5 Å². The molecular weight excluding hydrogens is 590 g/mol. The van der Waals surface area contributed by atoms with Crippen molar-refractivity contribution < 1.29 is 44.3 Å². The summed E-state index contributed by atoms with van der Waals surface area (Å²) in [5.41, 5.74) is 1.87. The third kappa shape index (κ3) is 7.26. The Morgan fingerprint density at radius 3 is 2.10 bits per heavy atom. The molecule has 16 heteroatoms. The van der Waals surface area contributed by atoms with E-state index in [1.54, 1.807) is 6.07 Å². The van der Waals surface area contributed by atoms with Crippen LogP contribution in [0, 0.1) is 5.41 Å². The van der Waals surface area contributed by atoms with E-state index in [4.69, 9.17) is 11.6 Å². The molecule has 1 amide bonds. The first kappa shape index (κ1) is 31.0. The molecule has 0 atom stereocenters. The number of carbonyl (C=O) groups excluding carboxylic acids is 1. The summed E-state index contributed by atoms with van der Waals surface area (Å²) in [5, 5.41) is 0.544. The summed E-state index contributed by atoms with van der Waals surface area (Å²) in [7, 11) is -3.23. The van der Waals surface area contributed by atoms with Gasteiger partial charge in [-0.25, -0.2) is 17.5 Å². The number of amides is 1. The van der Waals surface area contributed by atoms with E-state index in [2.05, 4.69) is 9.64 Å². The highest BCUT2D eigenvalue weighted by atomic mass is 35.5. The summed E-state index contributed by atoms with van der Waals surface area (Å²) < 4.78 is 106. The van der Waals surface area contributed by atoms with Gasteiger partial charge in [0.05, 0.1) is 6.26 Å². The number of halogens is 7. The topological polar surface area (TPSA) is 73.4 Å². The van der Waals surface area contributed by atoms with Gasteiger partial charge in [-0.05, 0) is 42.4 Å². The number of hydrogen-bond donors (Lipinski definition) is 0. The Balaban J connectivity index is 1.36. The first-order chi connectivity index (χ1) is 18.5. The molecule has 226 valence electrons. The fraction of sp³-hybridized carbons (Fsp3) is 0.708. The van der Waals surface area contributed by atoms with Gasteiger partial charge in [0.15, 0.2) is 0 Å². The lowest BCUT2D eigenvalue weighted by atomic mass is 9.78. The number of anilines is 1. The molecule has 1 aromatic carbocycles. The van der Waals surface area contributed by atoms with Crippen LogP contribution in [0.5, 0.6) is 0 Å². The molecule has 1 spiro atoms. The number of alkyl halides is 6. The maximum Gasteiger partial charge on any atom is 0.434 e. The minimum Gasteiger partial charge on any atom is -0.426 e. The monoisotopic (exact) mass is 620 g/mol. The third-order valence-electron chi connectivity index (χ3n) is 7.92. The third-order valence-corrected chi connectivity index (χ3v) is 9.45. The summed E-state index contributed by atoms with van der Waals surface area (Å²) in [4.78, 5) is 17.1. The van der Waals surface area contributed by atoms with Crippen LogP contribution in [0.25, 0.3) is 0 Å². The molecule has 3 saturated heterocycles. The molecule has 3 heterocycles. The number of hydrogen-bond acceptors (Lipinski definition) is 6. The average Bonchev–Trinajstić information content (AvgIpc) is 3.25. The van der Waals surface area contributed by atoms with Gasteiger partial charge in [-0.1, -0.05) is 17.7 Å². The molecule has 1 aromatic rings. The van der Waals surface area contributed by atoms with Crippen LogP contribution in [0.3, 0.4) is 0 Å². The highest BCUT2D eigenvalue weighted by Gasteiger charge is 2.60. The predicted octanol–water partition coefficient (Wildman–Crippen LogP) is 4.34. The summed E-state index contributed by atoms with van der Waals surface area (Å²) in [6.07, 6.45) is -13.7. The number of sulfonamides is 1. The number of carbonyl (C=O) groups is 1. The fourth-order valence-corrected chi connectivity index (χ4v) is 6.64. The zero-order valence-electron chi connectivity index (χ0n) is 21.8. The minimum absolute atomic E-state index is 0.00253. The molecule has 0 N–H and O–H groups in total. The van der Waals surface area contributed by atoms with Crippen LogP contribution in [0.2, 0.25) is 5.02 Å². The molecule has 0 aliphatic carbocycles. The van der Waals surface area contributed by atoms with Gasteiger partial charge in [-0.3, -0.25) is 4.90 Å². The van der Waals surface area contributed by atoms with Gasteiger partial charge < -0.3 is 14.5 Å². The van der Waals surface area contributed by atoms with E-state index in [1.807, 2.05) is 17.0 Å². The number of piperidine rings is 1. The second-order valence-corrected chi connectivity index (χ2v) is 13.1. The Morgan fingerprint density at radius 2 is 1.55 bits per heavy atom. The Labute approximate surface area is 233 Å². The van der Waals surface area contributed by atoms with Crippen LogP contribution in [0.1, 0.15) is 24.8 Å². The van der Waals surface area contributed by atoms with Crippen molar-refractivity contribution in [3.63, 3.8) is 0 Å². The van der Waals surface area contributed by atoms with Crippen molar-refractivity contribution in [1.29, 1.82) is 0 Å². The zero-order valence-corrected chi connectivity index (χ0v) is 23.3. The van der Waals surface area contributed by atoms with E-state index in [0.29, 0.717) is 24.7 Å². The van der Waals surface area contributed by atoms with Crippen LogP contribution < -0.4 is 4.90 Å². The van der Waals surface area contributed by atoms with Crippen molar-refractivity contribution in [1.82, 2.24) is 14.1 Å². The molecular formula is C24H31ClF6N4O4S. The molecule has 4 rings (SSSR count). The van der Waals surface area contributed by atoms with Crippen LogP contribution in [-0.2, 0) is 21.3 Å². The van der Waals surface area contributed by atoms with E-state index in [9.17, 15) is 39.6 Å². The van der Waals surface area contributed by atoms with Crippen LogP contribution in [0.15, 0.2) is 18.2 Å². The zero-order chi connectivity index (χ0) is 29.5. The van der Waals surface area contributed by atoms with Crippen LogP contribution in [0.4, 0.5) is 36.8 Å². The van der Waals surface area contributed by atoms with E-state index in [0.717, 1.165) is 48.5 Å². The molecule has 0 aromatic heterocycles. The first-order valence-electron chi connectivity index (χ1n) is 12.8. The smallest absolute Gasteiger partial charge is 0.426 e. The molecule has 8 nitrogen and oxygen atoms in total. The largest absolute Gasteiger partial charge is 0.434 e. The summed E-state index contributed by atoms with van der Waals surface area (Å²) in [5.74, 6) is 0. The highest BCUT2D eigenvalue weighted by molar-refractivity contribution is 7.88. The van der Waals surface area contributed by atoms with Gasteiger partial charge in [0.1, 0.15) is 0 Å². The predicted molar refractivity (Wildman–Crippen MR) is 136 cm³/mol. The van der Waals surface area contributed by atoms with E-state index >= 15 is 0 Å².